The van der Waals surface area contributed by atoms with Crippen LogP contribution in [0, 0.1) is 13.8 Å². The van der Waals surface area contributed by atoms with Crippen molar-refractivity contribution in [1.82, 2.24) is 5.16 Å². The first-order valence-electron chi connectivity index (χ1n) is 8.69. The smallest absolute Gasteiger partial charge is 0.338 e. The minimum absolute atomic E-state index is 0.0415. The van der Waals surface area contributed by atoms with Gasteiger partial charge in [0, 0.05) is 11.6 Å². The van der Waals surface area contributed by atoms with E-state index >= 15 is 0 Å². The van der Waals surface area contributed by atoms with Crippen LogP contribution in [-0.4, -0.2) is 24.3 Å². The van der Waals surface area contributed by atoms with E-state index in [4.69, 9.17) is 18.7 Å². The van der Waals surface area contributed by atoms with E-state index in [1.807, 2.05) is 38.1 Å². The molecule has 27 heavy (non-hydrogen) atoms. The summed E-state index contributed by atoms with van der Waals surface area (Å²) in [6.45, 7) is 5.00. The van der Waals surface area contributed by atoms with E-state index in [1.165, 1.54) is 0 Å². The average Bonchev–Trinajstić information content (AvgIpc) is 3.14. The molecule has 0 fully saturated rings. The molecule has 4 rings (SSSR count). The van der Waals surface area contributed by atoms with Crippen molar-refractivity contribution in [1.29, 1.82) is 0 Å². The van der Waals surface area contributed by atoms with Crippen LogP contribution in [0.2, 0.25) is 0 Å². The van der Waals surface area contributed by atoms with E-state index in [0.717, 1.165) is 16.7 Å². The fraction of sp³-hybridized carbons (Fsp3) is 0.238. The summed E-state index contributed by atoms with van der Waals surface area (Å²) in [5.41, 5.74) is 3.92. The van der Waals surface area contributed by atoms with Gasteiger partial charge in [-0.15, -0.1) is 0 Å². The zero-order valence-corrected chi connectivity index (χ0v) is 15.2. The van der Waals surface area contributed by atoms with Gasteiger partial charge < -0.3 is 18.7 Å². The number of hydrogen-bond acceptors (Lipinski definition) is 6. The quantitative estimate of drug-likeness (QED) is 0.649. The monoisotopic (exact) mass is 365 g/mol. The summed E-state index contributed by atoms with van der Waals surface area (Å²) < 4.78 is 21.8. The first-order chi connectivity index (χ1) is 13.1. The predicted molar refractivity (Wildman–Crippen MR) is 98.0 cm³/mol. The first kappa shape index (κ1) is 17.1. The molecule has 138 valence electrons. The highest BCUT2D eigenvalue weighted by molar-refractivity contribution is 5.89. The van der Waals surface area contributed by atoms with E-state index in [1.54, 1.807) is 18.2 Å². The maximum Gasteiger partial charge on any atom is 0.338 e. The molecule has 6 nitrogen and oxygen atoms in total. The van der Waals surface area contributed by atoms with E-state index < -0.39 is 0 Å². The normalized spacial score (nSPS) is 12.7. The van der Waals surface area contributed by atoms with Crippen molar-refractivity contribution in [3.05, 3.63) is 64.8 Å². The van der Waals surface area contributed by atoms with Crippen LogP contribution >= 0.6 is 0 Å². The molecule has 3 aromatic rings. The Kier molecular flexibility index (Phi) is 4.54. The third-order valence-electron chi connectivity index (χ3n) is 4.19. The van der Waals surface area contributed by atoms with Gasteiger partial charge in [0.05, 0.1) is 5.56 Å². The summed E-state index contributed by atoms with van der Waals surface area (Å²) in [7, 11) is 0. The molecule has 0 unspecified atom stereocenters. The molecular formula is C21H19NO5. The summed E-state index contributed by atoms with van der Waals surface area (Å²) in [5, 5.41) is 3.98. The highest BCUT2D eigenvalue weighted by atomic mass is 16.6. The zero-order chi connectivity index (χ0) is 18.8. The second-order valence-electron chi connectivity index (χ2n) is 6.49. The molecule has 1 aliphatic rings. The molecular weight excluding hydrogens is 346 g/mol. The number of nitrogens with zero attached hydrogens (tertiary/aromatic N) is 1. The summed E-state index contributed by atoms with van der Waals surface area (Å²) >= 11 is 0. The number of carbonyl (C=O) groups is 1. The van der Waals surface area contributed by atoms with Crippen LogP contribution < -0.4 is 9.47 Å². The summed E-state index contributed by atoms with van der Waals surface area (Å²) in [5.74, 6) is 1.58. The summed E-state index contributed by atoms with van der Waals surface area (Å²) in [4.78, 5) is 12.2. The Morgan fingerprint density at radius 2 is 1.74 bits per heavy atom. The fourth-order valence-corrected chi connectivity index (χ4v) is 3.03. The average molecular weight is 365 g/mol. The molecule has 1 aromatic heterocycles. The molecule has 0 saturated heterocycles. The number of aryl methyl sites for hydroxylation is 2. The van der Waals surface area contributed by atoms with E-state index in [9.17, 15) is 4.79 Å². The van der Waals surface area contributed by atoms with Crippen LogP contribution in [-0.2, 0) is 11.3 Å². The van der Waals surface area contributed by atoms with Crippen molar-refractivity contribution in [2.45, 2.75) is 20.5 Å². The molecule has 0 amide bonds. The van der Waals surface area contributed by atoms with Crippen molar-refractivity contribution >= 4 is 5.97 Å². The number of hydrogen-bond donors (Lipinski definition) is 0. The number of ether oxygens (including phenoxy) is 3. The highest BCUT2D eigenvalue weighted by Crippen LogP contribution is 2.34. The van der Waals surface area contributed by atoms with Gasteiger partial charge in [0.1, 0.15) is 25.5 Å². The van der Waals surface area contributed by atoms with Crippen LogP contribution in [0.15, 0.2) is 47.0 Å². The van der Waals surface area contributed by atoms with Gasteiger partial charge in [-0.25, -0.2) is 4.79 Å². The number of fused-ring (bicyclic) bond motifs is 1. The lowest BCUT2D eigenvalue weighted by molar-refractivity contribution is 0.0464. The Labute approximate surface area is 156 Å². The van der Waals surface area contributed by atoms with Crippen LogP contribution in [0.25, 0.3) is 11.3 Å². The highest BCUT2D eigenvalue weighted by Gasteiger charge is 2.16. The number of benzene rings is 2. The van der Waals surface area contributed by atoms with Gasteiger partial charge in [0.2, 0.25) is 0 Å². The molecule has 0 atom stereocenters. The van der Waals surface area contributed by atoms with Gasteiger partial charge in [-0.1, -0.05) is 22.3 Å². The van der Waals surface area contributed by atoms with Gasteiger partial charge in [-0.2, -0.15) is 0 Å². The zero-order valence-electron chi connectivity index (χ0n) is 15.2. The van der Waals surface area contributed by atoms with Crippen molar-refractivity contribution in [3.63, 3.8) is 0 Å². The van der Waals surface area contributed by atoms with Gasteiger partial charge in [-0.05, 0) is 44.2 Å². The minimum Gasteiger partial charge on any atom is -0.486 e. The Balaban J connectivity index is 1.44. The topological polar surface area (TPSA) is 70.8 Å². The molecule has 1 aliphatic heterocycles. The molecule has 0 N–H and O–H groups in total. The molecule has 2 aromatic carbocycles. The van der Waals surface area contributed by atoms with Crippen molar-refractivity contribution in [2.75, 3.05) is 13.2 Å². The third kappa shape index (κ3) is 3.79. The molecule has 0 aliphatic carbocycles. The van der Waals surface area contributed by atoms with Crippen LogP contribution in [0.5, 0.6) is 11.5 Å². The number of esters is 1. The van der Waals surface area contributed by atoms with Gasteiger partial charge in [0.25, 0.3) is 0 Å². The van der Waals surface area contributed by atoms with E-state index in [0.29, 0.717) is 41.7 Å². The Bertz CT molecular complexity index is 972. The Hall–Kier alpha value is -3.28. The lowest BCUT2D eigenvalue weighted by Gasteiger charge is -2.18. The number of aromatic nitrogens is 1. The fourth-order valence-electron chi connectivity index (χ4n) is 3.03. The van der Waals surface area contributed by atoms with Gasteiger partial charge in [-0.3, -0.25) is 0 Å². The second kappa shape index (κ2) is 7.15. The standard InChI is InChI=1S/C21H19NO5/c1-13-7-14(2)9-16(8-13)21(23)26-12-17-11-19(27-22-17)15-3-4-18-20(10-15)25-6-5-24-18/h3-4,7-11H,5-6,12H2,1-2H3. The van der Waals surface area contributed by atoms with E-state index in [2.05, 4.69) is 5.16 Å². The molecule has 0 bridgehead atoms. The van der Waals surface area contributed by atoms with Crippen LogP contribution in [0.4, 0.5) is 0 Å². The molecule has 6 heteroatoms. The summed E-state index contributed by atoms with van der Waals surface area (Å²) in [6, 6.07) is 12.9. The maximum absolute atomic E-state index is 12.2. The number of carbonyl (C=O) groups excluding carboxylic acids is 1. The lowest BCUT2D eigenvalue weighted by Crippen LogP contribution is -2.15. The van der Waals surface area contributed by atoms with Crippen molar-refractivity contribution in [2.24, 2.45) is 0 Å². The van der Waals surface area contributed by atoms with Crippen LogP contribution in [0.1, 0.15) is 27.2 Å². The number of rotatable bonds is 4. The molecule has 0 spiro atoms. The maximum atomic E-state index is 12.2. The molecule has 0 saturated carbocycles. The Morgan fingerprint density at radius 1 is 1.00 bits per heavy atom. The van der Waals surface area contributed by atoms with Crippen LogP contribution in [0.3, 0.4) is 0 Å². The largest absolute Gasteiger partial charge is 0.486 e. The predicted octanol–water partition coefficient (Wildman–Crippen LogP) is 4.09. The Morgan fingerprint density at radius 3 is 2.52 bits per heavy atom. The summed E-state index contributed by atoms with van der Waals surface area (Å²) in [6.07, 6.45) is 0. The molecule has 0 radical (unpaired) electrons. The van der Waals surface area contributed by atoms with Crippen molar-refractivity contribution in [3.8, 4) is 22.8 Å². The van der Waals surface area contributed by atoms with E-state index in [-0.39, 0.29) is 12.6 Å². The van der Waals surface area contributed by atoms with Gasteiger partial charge >= 0.3 is 5.97 Å². The first-order valence-corrected chi connectivity index (χ1v) is 8.69. The lowest BCUT2D eigenvalue weighted by atomic mass is 10.1. The minimum atomic E-state index is -0.384. The second-order valence-corrected chi connectivity index (χ2v) is 6.49. The van der Waals surface area contributed by atoms with Crippen molar-refractivity contribution < 1.29 is 23.5 Å². The van der Waals surface area contributed by atoms with Gasteiger partial charge in [0.15, 0.2) is 17.3 Å². The third-order valence-corrected chi connectivity index (χ3v) is 4.19. The molecule has 2 heterocycles. The SMILES string of the molecule is Cc1cc(C)cc(C(=O)OCc2cc(-c3ccc4c(c3)OCCO4)on2)c1.